The number of methoxy groups -OCH3 is 1. The van der Waals surface area contributed by atoms with Crippen molar-refractivity contribution >= 4 is 5.82 Å². The molecule has 2 aromatic rings. The lowest BCUT2D eigenvalue weighted by Gasteiger charge is -2.37. The highest BCUT2D eigenvalue weighted by molar-refractivity contribution is 5.36. The van der Waals surface area contributed by atoms with Gasteiger partial charge in [-0.05, 0) is 42.7 Å². The van der Waals surface area contributed by atoms with Gasteiger partial charge in [0.2, 0.25) is 0 Å². The normalized spacial score (nSPS) is 16.1. The number of benzene rings is 1. The van der Waals surface area contributed by atoms with Crippen LogP contribution in [0.1, 0.15) is 18.4 Å². The summed E-state index contributed by atoms with van der Waals surface area (Å²) in [6.07, 6.45) is 3.81. The van der Waals surface area contributed by atoms with Crippen LogP contribution in [0.5, 0.6) is 5.75 Å². The number of piperidine rings is 1. The molecule has 0 aliphatic carbocycles. The zero-order valence-electron chi connectivity index (χ0n) is 14.2. The molecule has 1 fully saturated rings. The Morgan fingerprint density at radius 3 is 2.71 bits per heavy atom. The van der Waals surface area contributed by atoms with Gasteiger partial charge in [-0.15, -0.1) is 5.10 Å². The third-order valence-electron chi connectivity index (χ3n) is 4.65. The Hall–Kier alpha value is -2.21. The quantitative estimate of drug-likeness (QED) is 0.843. The molecule has 1 aliphatic rings. The number of aromatic nitrogens is 2. The molecule has 1 aromatic heterocycles. The van der Waals surface area contributed by atoms with Gasteiger partial charge in [-0.2, -0.15) is 5.10 Å². The summed E-state index contributed by atoms with van der Waals surface area (Å²) in [7, 11) is 3.56. The van der Waals surface area contributed by atoms with Crippen molar-refractivity contribution in [1.29, 1.82) is 0 Å². The highest BCUT2D eigenvalue weighted by Gasteiger charge is 2.23. The van der Waals surface area contributed by atoms with Gasteiger partial charge in [-0.1, -0.05) is 6.07 Å². The van der Waals surface area contributed by atoms with Crippen molar-refractivity contribution in [3.8, 4) is 5.75 Å². The second kappa shape index (κ2) is 7.57. The van der Waals surface area contributed by atoms with Crippen LogP contribution in [0, 0.1) is 5.82 Å². The van der Waals surface area contributed by atoms with Crippen molar-refractivity contribution in [1.82, 2.24) is 15.1 Å². The molecule has 24 heavy (non-hydrogen) atoms. The van der Waals surface area contributed by atoms with Crippen LogP contribution in [0.25, 0.3) is 0 Å². The maximum absolute atomic E-state index is 13.8. The van der Waals surface area contributed by atoms with E-state index in [0.29, 0.717) is 11.8 Å². The van der Waals surface area contributed by atoms with E-state index in [9.17, 15) is 4.39 Å². The van der Waals surface area contributed by atoms with E-state index in [1.807, 2.05) is 18.2 Å². The van der Waals surface area contributed by atoms with E-state index in [4.69, 9.17) is 4.74 Å². The van der Waals surface area contributed by atoms with Crippen molar-refractivity contribution in [2.24, 2.45) is 0 Å². The van der Waals surface area contributed by atoms with E-state index in [2.05, 4.69) is 27.0 Å². The first-order valence-electron chi connectivity index (χ1n) is 8.22. The van der Waals surface area contributed by atoms with E-state index in [-0.39, 0.29) is 5.82 Å². The highest BCUT2D eigenvalue weighted by atomic mass is 19.1. The number of hydrogen-bond acceptors (Lipinski definition) is 5. The standard InChI is InChI=1S/C18H23FN4O/c1-22(18-4-3-9-20-21-18)15-7-10-23(11-8-15)13-14-5-6-17(24-2)16(19)12-14/h3-6,9,12,15H,7-8,10-11,13H2,1-2H3. The van der Waals surface area contributed by atoms with Gasteiger partial charge in [0.05, 0.1) is 7.11 Å². The summed E-state index contributed by atoms with van der Waals surface area (Å²) < 4.78 is 18.8. The van der Waals surface area contributed by atoms with Crippen molar-refractivity contribution in [3.05, 3.63) is 47.9 Å². The summed E-state index contributed by atoms with van der Waals surface area (Å²) in [6, 6.07) is 9.55. The van der Waals surface area contributed by atoms with E-state index in [1.165, 1.54) is 7.11 Å². The minimum Gasteiger partial charge on any atom is -0.494 e. The van der Waals surface area contributed by atoms with Crippen molar-refractivity contribution in [2.45, 2.75) is 25.4 Å². The van der Waals surface area contributed by atoms with Crippen LogP contribution in [-0.2, 0) is 6.54 Å². The highest BCUT2D eigenvalue weighted by Crippen LogP contribution is 2.23. The lowest BCUT2D eigenvalue weighted by atomic mass is 10.0. The fraction of sp³-hybridized carbons (Fsp3) is 0.444. The molecule has 3 rings (SSSR count). The van der Waals surface area contributed by atoms with Crippen LogP contribution < -0.4 is 9.64 Å². The number of likely N-dealkylation sites (tertiary alicyclic amines) is 1. The van der Waals surface area contributed by atoms with Crippen LogP contribution >= 0.6 is 0 Å². The number of anilines is 1. The molecule has 2 heterocycles. The van der Waals surface area contributed by atoms with E-state index in [0.717, 1.165) is 43.9 Å². The van der Waals surface area contributed by atoms with Gasteiger partial charge >= 0.3 is 0 Å². The summed E-state index contributed by atoms with van der Waals surface area (Å²) in [4.78, 5) is 4.57. The average molecular weight is 330 g/mol. The molecule has 0 radical (unpaired) electrons. The number of rotatable bonds is 5. The first-order valence-corrected chi connectivity index (χ1v) is 8.22. The molecular formula is C18H23FN4O. The van der Waals surface area contributed by atoms with E-state index < -0.39 is 0 Å². The molecule has 0 N–H and O–H groups in total. The molecule has 1 aliphatic heterocycles. The predicted molar refractivity (Wildman–Crippen MR) is 91.7 cm³/mol. The van der Waals surface area contributed by atoms with Gasteiger partial charge < -0.3 is 9.64 Å². The first kappa shape index (κ1) is 16.6. The summed E-state index contributed by atoms with van der Waals surface area (Å²) in [5, 5.41) is 8.12. The maximum Gasteiger partial charge on any atom is 0.165 e. The smallest absolute Gasteiger partial charge is 0.165 e. The van der Waals surface area contributed by atoms with Crippen LogP contribution in [0.15, 0.2) is 36.5 Å². The zero-order valence-corrected chi connectivity index (χ0v) is 14.2. The molecule has 0 atom stereocenters. The van der Waals surface area contributed by atoms with Crippen molar-refractivity contribution in [2.75, 3.05) is 32.1 Å². The predicted octanol–water partition coefficient (Wildman–Crippen LogP) is 2.73. The Kier molecular flexibility index (Phi) is 5.25. The monoisotopic (exact) mass is 330 g/mol. The minimum absolute atomic E-state index is 0.294. The SMILES string of the molecule is COc1ccc(CN2CCC(N(C)c3cccnn3)CC2)cc1F. The molecule has 128 valence electrons. The van der Waals surface area contributed by atoms with E-state index in [1.54, 1.807) is 18.3 Å². The molecule has 0 amide bonds. The Bertz CT molecular complexity index is 659. The Labute approximate surface area is 142 Å². The van der Waals surface area contributed by atoms with Crippen LogP contribution in [0.4, 0.5) is 10.2 Å². The second-order valence-corrected chi connectivity index (χ2v) is 6.17. The molecule has 5 nitrogen and oxygen atoms in total. The largest absolute Gasteiger partial charge is 0.494 e. The van der Waals surface area contributed by atoms with Gasteiger partial charge in [-0.3, -0.25) is 4.90 Å². The van der Waals surface area contributed by atoms with Crippen LogP contribution in [-0.4, -0.2) is 48.4 Å². The van der Waals surface area contributed by atoms with Gasteiger partial charge in [0.15, 0.2) is 17.4 Å². The molecule has 6 heteroatoms. The summed E-state index contributed by atoms with van der Waals surface area (Å²) in [5.74, 6) is 0.906. The Balaban J connectivity index is 1.54. The van der Waals surface area contributed by atoms with Gasteiger partial charge in [0.25, 0.3) is 0 Å². The van der Waals surface area contributed by atoms with E-state index >= 15 is 0 Å². The van der Waals surface area contributed by atoms with Gasteiger partial charge in [-0.25, -0.2) is 4.39 Å². The fourth-order valence-corrected chi connectivity index (χ4v) is 3.20. The van der Waals surface area contributed by atoms with Crippen LogP contribution in [0.3, 0.4) is 0 Å². The van der Waals surface area contributed by atoms with Crippen molar-refractivity contribution < 1.29 is 9.13 Å². The lowest BCUT2D eigenvalue weighted by molar-refractivity contribution is 0.203. The number of hydrogen-bond donors (Lipinski definition) is 0. The topological polar surface area (TPSA) is 41.5 Å². The third kappa shape index (κ3) is 3.82. The number of nitrogens with zero attached hydrogens (tertiary/aromatic N) is 4. The number of halogens is 1. The molecule has 1 saturated heterocycles. The molecule has 0 saturated carbocycles. The molecule has 1 aromatic carbocycles. The number of ether oxygens (including phenoxy) is 1. The van der Waals surface area contributed by atoms with Crippen LogP contribution in [0.2, 0.25) is 0 Å². The zero-order chi connectivity index (χ0) is 16.9. The molecule has 0 bridgehead atoms. The summed E-state index contributed by atoms with van der Waals surface area (Å²) in [5.41, 5.74) is 0.981. The molecule has 0 unspecified atom stereocenters. The lowest BCUT2D eigenvalue weighted by Crippen LogP contribution is -2.43. The summed E-state index contributed by atoms with van der Waals surface area (Å²) >= 11 is 0. The average Bonchev–Trinajstić information content (AvgIpc) is 2.63. The Morgan fingerprint density at radius 1 is 1.29 bits per heavy atom. The second-order valence-electron chi connectivity index (χ2n) is 6.17. The third-order valence-corrected chi connectivity index (χ3v) is 4.65. The molecular weight excluding hydrogens is 307 g/mol. The fourth-order valence-electron chi connectivity index (χ4n) is 3.20. The van der Waals surface area contributed by atoms with Gasteiger partial charge in [0.1, 0.15) is 0 Å². The maximum atomic E-state index is 13.8. The van der Waals surface area contributed by atoms with Crippen molar-refractivity contribution in [3.63, 3.8) is 0 Å². The Morgan fingerprint density at radius 2 is 2.08 bits per heavy atom. The van der Waals surface area contributed by atoms with Gasteiger partial charge in [0, 0.05) is 38.9 Å². The summed E-state index contributed by atoms with van der Waals surface area (Å²) in [6.45, 7) is 2.74. The molecule has 0 spiro atoms. The minimum atomic E-state index is -0.299. The first-order chi connectivity index (χ1) is 11.7.